The first-order chi connectivity index (χ1) is 9.69. The van der Waals surface area contributed by atoms with Crippen molar-refractivity contribution < 1.29 is 19.3 Å². The highest BCUT2D eigenvalue weighted by atomic mass is 79.9. The van der Waals surface area contributed by atoms with Gasteiger partial charge in [-0.05, 0) is 45.8 Å². The van der Waals surface area contributed by atoms with E-state index in [-0.39, 0.29) is 6.61 Å². The summed E-state index contributed by atoms with van der Waals surface area (Å²) in [4.78, 5) is 0. The number of hydrogen-bond donors (Lipinski definition) is 1. The first kappa shape index (κ1) is 14.7. The molecule has 2 aromatic rings. The van der Waals surface area contributed by atoms with Crippen molar-refractivity contribution in [1.29, 1.82) is 0 Å². The fourth-order valence-corrected chi connectivity index (χ4v) is 2.26. The average molecular weight is 339 g/mol. The lowest BCUT2D eigenvalue weighted by molar-refractivity contribution is 0.281. The van der Waals surface area contributed by atoms with E-state index < -0.39 is 0 Å². The third-order valence-electron chi connectivity index (χ3n) is 2.77. The summed E-state index contributed by atoms with van der Waals surface area (Å²) in [6.45, 7) is -0.0170. The zero-order valence-electron chi connectivity index (χ0n) is 11.2. The van der Waals surface area contributed by atoms with Gasteiger partial charge in [0.15, 0.2) is 11.5 Å². The molecule has 0 aromatic heterocycles. The van der Waals surface area contributed by atoms with Crippen LogP contribution in [0.5, 0.6) is 23.0 Å². The number of aliphatic hydroxyl groups is 1. The summed E-state index contributed by atoms with van der Waals surface area (Å²) in [5, 5.41) is 9.11. The Kier molecular flexibility index (Phi) is 4.87. The smallest absolute Gasteiger partial charge is 0.211 e. The Hall–Kier alpha value is -1.72. The van der Waals surface area contributed by atoms with Crippen molar-refractivity contribution in [3.05, 3.63) is 46.4 Å². The Labute approximate surface area is 126 Å². The molecule has 0 saturated carbocycles. The van der Waals surface area contributed by atoms with Gasteiger partial charge in [0.05, 0.1) is 25.3 Å². The lowest BCUT2D eigenvalue weighted by Gasteiger charge is -2.15. The van der Waals surface area contributed by atoms with Gasteiger partial charge in [0.1, 0.15) is 5.75 Å². The summed E-state index contributed by atoms with van der Waals surface area (Å²) in [6, 6.07) is 10.8. The van der Waals surface area contributed by atoms with Crippen LogP contribution in [0.15, 0.2) is 40.9 Å². The molecule has 1 N–H and O–H groups in total. The molecule has 5 heteroatoms. The van der Waals surface area contributed by atoms with Gasteiger partial charge in [-0.3, -0.25) is 0 Å². The molecule has 0 spiro atoms. The Morgan fingerprint density at radius 2 is 1.65 bits per heavy atom. The molecule has 0 aliphatic carbocycles. The second-order valence-corrected chi connectivity index (χ2v) is 4.87. The van der Waals surface area contributed by atoms with Crippen molar-refractivity contribution in [2.45, 2.75) is 6.61 Å². The van der Waals surface area contributed by atoms with Crippen LogP contribution < -0.4 is 14.2 Å². The summed E-state index contributed by atoms with van der Waals surface area (Å²) in [5.41, 5.74) is 0.802. The number of ether oxygens (including phenoxy) is 3. The third-order valence-corrected chi connectivity index (χ3v) is 3.39. The standard InChI is InChI=1S/C15H15BrO4/c1-18-13-4-3-5-14(19-2)15(13)20-12-7-6-10(9-17)8-11(12)16/h3-8,17H,9H2,1-2H3. The minimum Gasteiger partial charge on any atom is -0.493 e. The molecule has 0 bridgehead atoms. The Balaban J connectivity index is 2.39. The molecule has 2 aromatic carbocycles. The van der Waals surface area contributed by atoms with E-state index in [0.717, 1.165) is 10.0 Å². The molecule has 0 heterocycles. The molecule has 4 nitrogen and oxygen atoms in total. The molecule has 0 aliphatic rings. The molecule has 0 saturated heterocycles. The molecule has 0 fully saturated rings. The number of benzene rings is 2. The predicted molar refractivity (Wildman–Crippen MR) is 79.7 cm³/mol. The fourth-order valence-electron chi connectivity index (χ4n) is 1.75. The minimum atomic E-state index is -0.0170. The maximum Gasteiger partial charge on any atom is 0.211 e. The van der Waals surface area contributed by atoms with Gasteiger partial charge in [-0.25, -0.2) is 0 Å². The monoisotopic (exact) mass is 338 g/mol. The molecular formula is C15H15BrO4. The summed E-state index contributed by atoms with van der Waals surface area (Å²) >= 11 is 3.42. The van der Waals surface area contributed by atoms with Crippen molar-refractivity contribution in [2.75, 3.05) is 14.2 Å². The van der Waals surface area contributed by atoms with Crippen LogP contribution >= 0.6 is 15.9 Å². The van der Waals surface area contributed by atoms with E-state index in [1.54, 1.807) is 44.6 Å². The number of aliphatic hydroxyl groups excluding tert-OH is 1. The lowest BCUT2D eigenvalue weighted by atomic mass is 10.2. The van der Waals surface area contributed by atoms with Crippen molar-refractivity contribution in [1.82, 2.24) is 0 Å². The maximum absolute atomic E-state index is 9.11. The van der Waals surface area contributed by atoms with Gasteiger partial charge in [-0.2, -0.15) is 0 Å². The number of para-hydroxylation sites is 1. The van der Waals surface area contributed by atoms with Gasteiger partial charge in [0.25, 0.3) is 0 Å². The lowest BCUT2D eigenvalue weighted by Crippen LogP contribution is -1.95. The van der Waals surface area contributed by atoms with E-state index in [9.17, 15) is 0 Å². The van der Waals surface area contributed by atoms with Gasteiger partial charge >= 0.3 is 0 Å². The van der Waals surface area contributed by atoms with Gasteiger partial charge in [-0.15, -0.1) is 0 Å². The summed E-state index contributed by atoms with van der Waals surface area (Å²) in [5.74, 6) is 2.30. The average Bonchev–Trinajstić information content (AvgIpc) is 2.49. The second-order valence-electron chi connectivity index (χ2n) is 4.02. The predicted octanol–water partition coefficient (Wildman–Crippen LogP) is 3.75. The number of hydrogen-bond acceptors (Lipinski definition) is 4. The number of methoxy groups -OCH3 is 2. The zero-order valence-corrected chi connectivity index (χ0v) is 12.8. The van der Waals surface area contributed by atoms with E-state index in [1.807, 2.05) is 6.07 Å². The highest BCUT2D eigenvalue weighted by Gasteiger charge is 2.14. The van der Waals surface area contributed by atoms with E-state index >= 15 is 0 Å². The maximum atomic E-state index is 9.11. The van der Waals surface area contributed by atoms with Crippen LogP contribution in [0, 0.1) is 0 Å². The highest BCUT2D eigenvalue weighted by Crippen LogP contribution is 2.41. The Morgan fingerprint density at radius 1 is 1.00 bits per heavy atom. The van der Waals surface area contributed by atoms with Gasteiger partial charge < -0.3 is 19.3 Å². The van der Waals surface area contributed by atoms with Crippen molar-refractivity contribution >= 4 is 15.9 Å². The molecule has 0 radical (unpaired) electrons. The Bertz CT molecular complexity index is 576. The van der Waals surface area contributed by atoms with Crippen LogP contribution in [0.1, 0.15) is 5.56 Å². The van der Waals surface area contributed by atoms with Crippen molar-refractivity contribution in [3.8, 4) is 23.0 Å². The Morgan fingerprint density at radius 3 is 2.15 bits per heavy atom. The molecular weight excluding hydrogens is 324 g/mol. The summed E-state index contributed by atoms with van der Waals surface area (Å²) < 4.78 is 17.2. The zero-order chi connectivity index (χ0) is 14.5. The van der Waals surface area contributed by atoms with Crippen LogP contribution in [0.25, 0.3) is 0 Å². The van der Waals surface area contributed by atoms with Crippen molar-refractivity contribution in [2.24, 2.45) is 0 Å². The van der Waals surface area contributed by atoms with Crippen LogP contribution in [-0.4, -0.2) is 19.3 Å². The largest absolute Gasteiger partial charge is 0.493 e. The van der Waals surface area contributed by atoms with E-state index in [1.165, 1.54) is 0 Å². The number of halogens is 1. The third kappa shape index (κ3) is 3.05. The SMILES string of the molecule is COc1cccc(OC)c1Oc1ccc(CO)cc1Br. The molecule has 106 valence electrons. The summed E-state index contributed by atoms with van der Waals surface area (Å²) in [6.07, 6.45) is 0. The second kappa shape index (κ2) is 6.63. The number of rotatable bonds is 5. The topological polar surface area (TPSA) is 47.9 Å². The van der Waals surface area contributed by atoms with Crippen LogP contribution in [0.3, 0.4) is 0 Å². The first-order valence-corrected chi connectivity index (χ1v) is 6.77. The first-order valence-electron chi connectivity index (χ1n) is 5.97. The highest BCUT2D eigenvalue weighted by molar-refractivity contribution is 9.10. The summed E-state index contributed by atoms with van der Waals surface area (Å²) in [7, 11) is 3.15. The van der Waals surface area contributed by atoms with Crippen LogP contribution in [0.2, 0.25) is 0 Å². The van der Waals surface area contributed by atoms with E-state index in [0.29, 0.717) is 23.0 Å². The van der Waals surface area contributed by atoms with Crippen molar-refractivity contribution in [3.63, 3.8) is 0 Å². The molecule has 0 atom stereocenters. The van der Waals surface area contributed by atoms with Gasteiger partial charge in [0.2, 0.25) is 5.75 Å². The van der Waals surface area contributed by atoms with Crippen LogP contribution in [0.4, 0.5) is 0 Å². The van der Waals surface area contributed by atoms with Gasteiger partial charge in [0, 0.05) is 0 Å². The van der Waals surface area contributed by atoms with E-state index in [2.05, 4.69) is 15.9 Å². The molecule has 0 amide bonds. The molecule has 2 rings (SSSR count). The van der Waals surface area contributed by atoms with E-state index in [4.69, 9.17) is 19.3 Å². The molecule has 20 heavy (non-hydrogen) atoms. The van der Waals surface area contributed by atoms with Gasteiger partial charge in [-0.1, -0.05) is 12.1 Å². The molecule has 0 aliphatic heterocycles. The fraction of sp³-hybridized carbons (Fsp3) is 0.200. The van der Waals surface area contributed by atoms with Crippen LogP contribution in [-0.2, 0) is 6.61 Å². The normalized spacial score (nSPS) is 10.2. The minimum absolute atomic E-state index is 0.0170. The molecule has 0 unspecified atom stereocenters. The quantitative estimate of drug-likeness (QED) is 0.901.